The van der Waals surface area contributed by atoms with Crippen LogP contribution in [0.5, 0.6) is 0 Å². The Morgan fingerprint density at radius 1 is 1.50 bits per heavy atom. The van der Waals surface area contributed by atoms with Crippen LogP contribution in [0.3, 0.4) is 0 Å². The highest BCUT2D eigenvalue weighted by Crippen LogP contribution is 2.24. The molecule has 5 N–H and O–H groups in total. The summed E-state index contributed by atoms with van der Waals surface area (Å²) in [7, 11) is 0. The molecular weight excluding hydrogens is 352 g/mol. The normalized spacial score (nSPS) is 17.5. The predicted octanol–water partition coefficient (Wildman–Crippen LogP) is 0.829. The van der Waals surface area contributed by atoms with Crippen molar-refractivity contribution in [3.8, 4) is 0 Å². The van der Waals surface area contributed by atoms with Crippen molar-refractivity contribution in [2.75, 3.05) is 18.4 Å². The molecule has 3 heterocycles. The lowest BCUT2D eigenvalue weighted by Crippen LogP contribution is -2.26. The highest BCUT2D eigenvalue weighted by molar-refractivity contribution is 9.10. The molecule has 116 valence electrons. The first-order valence-corrected chi connectivity index (χ1v) is 7.56. The summed E-state index contributed by atoms with van der Waals surface area (Å²) in [4.78, 5) is 12.1. The van der Waals surface area contributed by atoms with Crippen molar-refractivity contribution in [1.82, 2.24) is 15.6 Å². The van der Waals surface area contributed by atoms with E-state index in [1.165, 1.54) is 0 Å². The minimum Gasteiger partial charge on any atom is -0.468 e. The Labute approximate surface area is 134 Å². The molecule has 1 aliphatic rings. The summed E-state index contributed by atoms with van der Waals surface area (Å²) in [5, 5.41) is 14.2. The van der Waals surface area contributed by atoms with E-state index in [9.17, 15) is 4.79 Å². The summed E-state index contributed by atoms with van der Waals surface area (Å²) in [5.41, 5.74) is 10.1. The van der Waals surface area contributed by atoms with Gasteiger partial charge in [-0.05, 0) is 22.0 Å². The van der Waals surface area contributed by atoms with Crippen LogP contribution in [0.1, 0.15) is 11.5 Å². The van der Waals surface area contributed by atoms with Gasteiger partial charge in [0.1, 0.15) is 23.4 Å². The smallest absolute Gasteiger partial charge is 0.249 e. The predicted molar refractivity (Wildman–Crippen MR) is 84.4 cm³/mol. The van der Waals surface area contributed by atoms with Gasteiger partial charge < -0.3 is 15.5 Å². The second kappa shape index (κ2) is 6.32. The molecule has 0 radical (unpaired) electrons. The number of halogens is 1. The van der Waals surface area contributed by atoms with E-state index in [1.54, 1.807) is 12.5 Å². The van der Waals surface area contributed by atoms with Crippen LogP contribution < -0.4 is 16.5 Å². The van der Waals surface area contributed by atoms with Gasteiger partial charge in [-0.1, -0.05) is 0 Å². The molecule has 2 aromatic rings. The molecule has 0 aliphatic carbocycles. The zero-order valence-corrected chi connectivity index (χ0v) is 13.2. The maximum atomic E-state index is 12.1. The quantitative estimate of drug-likeness (QED) is 0.603. The van der Waals surface area contributed by atoms with Crippen molar-refractivity contribution >= 4 is 33.2 Å². The number of hydrogen-bond acceptors (Lipinski definition) is 6. The van der Waals surface area contributed by atoms with E-state index in [-0.39, 0.29) is 5.91 Å². The van der Waals surface area contributed by atoms with E-state index in [2.05, 4.69) is 42.0 Å². The lowest BCUT2D eigenvalue weighted by Gasteiger charge is -2.10. The number of H-pyrrole nitrogens is 1. The lowest BCUT2D eigenvalue weighted by atomic mass is 9.95. The number of anilines is 1. The van der Waals surface area contributed by atoms with E-state index in [0.29, 0.717) is 36.7 Å². The fourth-order valence-electron chi connectivity index (χ4n) is 2.30. The second-order valence-electron chi connectivity index (χ2n) is 4.84. The van der Waals surface area contributed by atoms with Crippen molar-refractivity contribution in [3.63, 3.8) is 0 Å². The van der Waals surface area contributed by atoms with Crippen molar-refractivity contribution in [1.29, 1.82) is 0 Å². The van der Waals surface area contributed by atoms with Crippen molar-refractivity contribution in [2.45, 2.75) is 6.42 Å². The van der Waals surface area contributed by atoms with Crippen LogP contribution in [-0.4, -0.2) is 34.9 Å². The van der Waals surface area contributed by atoms with Gasteiger partial charge in [0.25, 0.3) is 0 Å². The number of furan rings is 1. The first kappa shape index (κ1) is 14.8. The maximum Gasteiger partial charge on any atom is 0.249 e. The van der Waals surface area contributed by atoms with Crippen LogP contribution in [0.25, 0.3) is 0 Å². The number of aromatic amines is 1. The monoisotopic (exact) mass is 366 g/mol. The average Bonchev–Trinajstić information content (AvgIpc) is 3.20. The molecule has 3 rings (SSSR count). The Hall–Kier alpha value is -2.13. The number of aromatic nitrogens is 2. The highest BCUT2D eigenvalue weighted by Gasteiger charge is 2.34. The number of carbonyl (C=O) groups is 1. The Morgan fingerprint density at radius 3 is 3.09 bits per heavy atom. The van der Waals surface area contributed by atoms with Gasteiger partial charge in [-0.3, -0.25) is 9.89 Å². The summed E-state index contributed by atoms with van der Waals surface area (Å²) < 4.78 is 6.23. The summed E-state index contributed by atoms with van der Waals surface area (Å²) in [6, 6.07) is 1.84. The molecule has 0 aromatic carbocycles. The van der Waals surface area contributed by atoms with Gasteiger partial charge in [0, 0.05) is 19.5 Å². The highest BCUT2D eigenvalue weighted by atomic mass is 79.9. The van der Waals surface area contributed by atoms with Gasteiger partial charge >= 0.3 is 0 Å². The minimum atomic E-state index is -0.433. The van der Waals surface area contributed by atoms with Crippen LogP contribution in [0.15, 0.2) is 32.5 Å². The molecule has 22 heavy (non-hydrogen) atoms. The molecule has 0 spiro atoms. The molecule has 0 bridgehead atoms. The summed E-state index contributed by atoms with van der Waals surface area (Å²) in [6.45, 7) is 1.11. The van der Waals surface area contributed by atoms with Crippen LogP contribution in [-0.2, 0) is 11.2 Å². The van der Waals surface area contributed by atoms with Crippen molar-refractivity contribution in [2.24, 2.45) is 16.8 Å². The van der Waals surface area contributed by atoms with Crippen molar-refractivity contribution < 1.29 is 9.21 Å². The van der Waals surface area contributed by atoms with Gasteiger partial charge in [-0.25, -0.2) is 5.43 Å². The number of nitrogens with two attached hydrogens (primary N) is 1. The van der Waals surface area contributed by atoms with E-state index in [4.69, 9.17) is 10.2 Å². The number of hydrogen-bond donors (Lipinski definition) is 4. The fourth-order valence-corrected chi connectivity index (χ4v) is 2.65. The molecule has 8 nitrogen and oxygen atoms in total. The Bertz CT molecular complexity index is 707. The van der Waals surface area contributed by atoms with Crippen LogP contribution in [0, 0.1) is 5.92 Å². The second-order valence-corrected chi connectivity index (χ2v) is 5.75. The van der Waals surface area contributed by atoms with E-state index in [1.807, 2.05) is 6.07 Å². The van der Waals surface area contributed by atoms with E-state index >= 15 is 0 Å². The van der Waals surface area contributed by atoms with Crippen LogP contribution in [0.2, 0.25) is 0 Å². The number of hydrazone groups is 1. The molecule has 1 aliphatic heterocycles. The molecule has 0 fully saturated rings. The van der Waals surface area contributed by atoms with Gasteiger partial charge in [0.15, 0.2) is 0 Å². The fraction of sp³-hybridized carbons (Fsp3) is 0.308. The molecule has 2 aromatic heterocycles. The first-order chi connectivity index (χ1) is 10.7. The number of amides is 1. The third-order valence-electron chi connectivity index (χ3n) is 3.32. The zero-order chi connectivity index (χ0) is 15.5. The summed E-state index contributed by atoms with van der Waals surface area (Å²) >= 11 is 3.33. The van der Waals surface area contributed by atoms with Crippen LogP contribution >= 0.6 is 15.9 Å². The third-order valence-corrected chi connectivity index (χ3v) is 3.73. The van der Waals surface area contributed by atoms with Gasteiger partial charge in [-0.15, -0.1) is 0 Å². The number of nitrogens with zero attached hydrogens (tertiary/aromatic N) is 2. The van der Waals surface area contributed by atoms with E-state index < -0.39 is 5.92 Å². The molecule has 1 amide bonds. The summed E-state index contributed by atoms with van der Waals surface area (Å²) in [6.07, 6.45) is 3.66. The molecule has 9 heteroatoms. The Kier molecular flexibility index (Phi) is 4.25. The standard InChI is InChI=1S/C13H15BrN6O2/c14-7-3-8(22-6-7)4-9-11(19-20-13(9)21)12-10(5-17-18-12)16-2-1-15/h3,5-6,9,16H,1-2,4,15H2,(H,17,18)(H,20,21). The van der Waals surface area contributed by atoms with Gasteiger partial charge in [-0.2, -0.15) is 10.2 Å². The molecule has 0 saturated carbocycles. The first-order valence-electron chi connectivity index (χ1n) is 6.77. The summed E-state index contributed by atoms with van der Waals surface area (Å²) in [5.74, 6) is 0.108. The maximum absolute atomic E-state index is 12.1. The molecule has 1 atom stereocenters. The third kappa shape index (κ3) is 2.90. The van der Waals surface area contributed by atoms with E-state index in [0.717, 1.165) is 10.2 Å². The molecule has 0 saturated heterocycles. The number of rotatable bonds is 6. The topological polar surface area (TPSA) is 121 Å². The molecular formula is C13H15BrN6O2. The minimum absolute atomic E-state index is 0.165. The Balaban J connectivity index is 1.83. The zero-order valence-electron chi connectivity index (χ0n) is 11.6. The van der Waals surface area contributed by atoms with Crippen LogP contribution in [0.4, 0.5) is 5.69 Å². The van der Waals surface area contributed by atoms with Crippen molar-refractivity contribution in [3.05, 3.63) is 34.5 Å². The lowest BCUT2D eigenvalue weighted by molar-refractivity contribution is -0.122. The number of carbonyl (C=O) groups excluding carboxylic acids is 1. The number of nitrogens with one attached hydrogen (secondary N) is 3. The molecule has 1 unspecified atom stereocenters. The largest absolute Gasteiger partial charge is 0.468 e. The Morgan fingerprint density at radius 2 is 2.36 bits per heavy atom. The average molecular weight is 367 g/mol. The van der Waals surface area contributed by atoms with Gasteiger partial charge in [0.2, 0.25) is 5.91 Å². The SMILES string of the molecule is NCCNc1cn[nH]c1C1=NNC(=O)C1Cc1cc(Br)co1. The van der Waals surface area contributed by atoms with Gasteiger partial charge in [0.05, 0.1) is 22.3 Å².